The summed E-state index contributed by atoms with van der Waals surface area (Å²) in [4.78, 5) is 18.3. The smallest absolute Gasteiger partial charge is 0.410 e. The van der Waals surface area contributed by atoms with E-state index in [1.54, 1.807) is 0 Å². The standard InChI is InChI=1S/C19H24N2O2/c1-5-13-6-15(10-20-9-13)14-7-16-11-21(12-17(16)8-14)18(22)23-19(2,3)4/h5-7,9-10,16-17H,1,8,11-12H2,2-4H3/t16-,17+/m0/s1. The number of nitrogens with zero attached hydrogens (tertiary/aromatic N) is 2. The van der Waals surface area contributed by atoms with Crippen molar-refractivity contribution in [2.75, 3.05) is 13.1 Å². The predicted molar refractivity (Wildman–Crippen MR) is 91.7 cm³/mol. The molecule has 23 heavy (non-hydrogen) atoms. The van der Waals surface area contributed by atoms with E-state index in [9.17, 15) is 4.79 Å². The summed E-state index contributed by atoms with van der Waals surface area (Å²) in [6.45, 7) is 11.0. The fraction of sp³-hybridized carbons (Fsp3) is 0.474. The van der Waals surface area contributed by atoms with E-state index in [0.717, 1.165) is 25.1 Å². The highest BCUT2D eigenvalue weighted by molar-refractivity contribution is 5.72. The molecule has 2 atom stereocenters. The van der Waals surface area contributed by atoms with Crippen molar-refractivity contribution in [2.45, 2.75) is 32.8 Å². The molecule has 0 aromatic carbocycles. The zero-order valence-corrected chi connectivity index (χ0v) is 14.1. The largest absolute Gasteiger partial charge is 0.444 e. The van der Waals surface area contributed by atoms with Crippen LogP contribution in [0.5, 0.6) is 0 Å². The highest BCUT2D eigenvalue weighted by atomic mass is 16.6. The van der Waals surface area contributed by atoms with Gasteiger partial charge in [-0.1, -0.05) is 18.7 Å². The van der Waals surface area contributed by atoms with Gasteiger partial charge in [0, 0.05) is 25.5 Å². The Kier molecular flexibility index (Phi) is 4.00. The van der Waals surface area contributed by atoms with Crippen molar-refractivity contribution in [3.8, 4) is 0 Å². The molecule has 1 aromatic rings. The molecule has 1 fully saturated rings. The third-order valence-corrected chi connectivity index (χ3v) is 4.41. The Morgan fingerprint density at radius 1 is 1.39 bits per heavy atom. The maximum atomic E-state index is 12.2. The minimum absolute atomic E-state index is 0.197. The quantitative estimate of drug-likeness (QED) is 0.829. The van der Waals surface area contributed by atoms with Crippen LogP contribution in [-0.2, 0) is 4.74 Å². The van der Waals surface area contributed by atoms with Crippen LogP contribution in [0.25, 0.3) is 11.6 Å². The van der Waals surface area contributed by atoms with Crippen LogP contribution in [0.2, 0.25) is 0 Å². The molecule has 0 unspecified atom stereocenters. The van der Waals surface area contributed by atoms with Crippen molar-refractivity contribution in [3.63, 3.8) is 0 Å². The van der Waals surface area contributed by atoms with E-state index < -0.39 is 5.60 Å². The molecule has 1 amide bonds. The van der Waals surface area contributed by atoms with Gasteiger partial charge in [-0.3, -0.25) is 4.98 Å². The second kappa shape index (κ2) is 5.84. The molecule has 4 nitrogen and oxygen atoms in total. The molecule has 1 saturated heterocycles. The van der Waals surface area contributed by atoms with Gasteiger partial charge in [0.1, 0.15) is 5.60 Å². The number of allylic oxidation sites excluding steroid dienone is 1. The summed E-state index contributed by atoms with van der Waals surface area (Å²) in [5, 5.41) is 0. The number of likely N-dealkylation sites (tertiary alicyclic amines) is 1. The SMILES string of the molecule is C=Cc1cncc(C2=C[C@H]3CN(C(=O)OC(C)(C)C)C[C@H]3C2)c1. The average Bonchev–Trinajstić information content (AvgIpc) is 3.04. The molecule has 1 aromatic heterocycles. The summed E-state index contributed by atoms with van der Waals surface area (Å²) >= 11 is 0. The monoisotopic (exact) mass is 312 g/mol. The first-order valence-electron chi connectivity index (χ1n) is 8.12. The van der Waals surface area contributed by atoms with Gasteiger partial charge in [0.25, 0.3) is 0 Å². The van der Waals surface area contributed by atoms with E-state index in [4.69, 9.17) is 4.74 Å². The van der Waals surface area contributed by atoms with Crippen LogP contribution in [0.1, 0.15) is 38.3 Å². The molecule has 0 saturated carbocycles. The summed E-state index contributed by atoms with van der Waals surface area (Å²) in [5.41, 5.74) is 3.10. The Labute approximate surface area is 137 Å². The topological polar surface area (TPSA) is 42.4 Å². The van der Waals surface area contributed by atoms with Gasteiger partial charge in [0.15, 0.2) is 0 Å². The van der Waals surface area contributed by atoms with Crippen molar-refractivity contribution in [1.29, 1.82) is 0 Å². The molecule has 122 valence electrons. The first-order chi connectivity index (χ1) is 10.9. The molecule has 3 rings (SSSR count). The van der Waals surface area contributed by atoms with Crippen molar-refractivity contribution < 1.29 is 9.53 Å². The van der Waals surface area contributed by atoms with Crippen LogP contribution in [0, 0.1) is 11.8 Å². The Morgan fingerprint density at radius 2 is 2.17 bits per heavy atom. The minimum Gasteiger partial charge on any atom is -0.444 e. The first-order valence-corrected chi connectivity index (χ1v) is 8.12. The number of fused-ring (bicyclic) bond motifs is 1. The summed E-state index contributed by atoms with van der Waals surface area (Å²) in [5.74, 6) is 0.912. The molecular formula is C19H24N2O2. The van der Waals surface area contributed by atoms with Gasteiger partial charge < -0.3 is 9.64 Å². The summed E-state index contributed by atoms with van der Waals surface area (Å²) in [6.07, 6.45) is 8.64. The first kappa shape index (κ1) is 15.8. The molecule has 0 bridgehead atoms. The highest BCUT2D eigenvalue weighted by Gasteiger charge is 2.39. The lowest BCUT2D eigenvalue weighted by molar-refractivity contribution is 0.0285. The third-order valence-electron chi connectivity index (χ3n) is 4.41. The number of hydrogen-bond donors (Lipinski definition) is 0. The van der Waals surface area contributed by atoms with E-state index in [0.29, 0.717) is 11.8 Å². The third kappa shape index (κ3) is 3.46. The van der Waals surface area contributed by atoms with Crippen LogP contribution in [0.4, 0.5) is 4.79 Å². The van der Waals surface area contributed by atoms with Gasteiger partial charge in [-0.05, 0) is 61.8 Å². The zero-order chi connectivity index (χ0) is 16.6. The lowest BCUT2D eigenvalue weighted by atomic mass is 9.98. The van der Waals surface area contributed by atoms with E-state index in [2.05, 4.69) is 23.7 Å². The molecule has 4 heteroatoms. The van der Waals surface area contributed by atoms with Gasteiger partial charge in [-0.15, -0.1) is 0 Å². The van der Waals surface area contributed by atoms with Crippen LogP contribution >= 0.6 is 0 Å². The van der Waals surface area contributed by atoms with E-state index in [-0.39, 0.29) is 6.09 Å². The highest BCUT2D eigenvalue weighted by Crippen LogP contribution is 2.41. The number of pyridine rings is 1. The van der Waals surface area contributed by atoms with Crippen molar-refractivity contribution in [3.05, 3.63) is 42.2 Å². The molecule has 1 aliphatic heterocycles. The van der Waals surface area contributed by atoms with E-state index >= 15 is 0 Å². The summed E-state index contributed by atoms with van der Waals surface area (Å²) in [6, 6.07) is 2.12. The zero-order valence-electron chi connectivity index (χ0n) is 14.1. The number of aromatic nitrogens is 1. The number of hydrogen-bond acceptors (Lipinski definition) is 3. The van der Waals surface area contributed by atoms with Crippen molar-refractivity contribution >= 4 is 17.7 Å². The van der Waals surface area contributed by atoms with Gasteiger partial charge >= 0.3 is 6.09 Å². The van der Waals surface area contributed by atoms with Crippen molar-refractivity contribution in [1.82, 2.24) is 9.88 Å². The lowest BCUT2D eigenvalue weighted by Gasteiger charge is -2.24. The lowest BCUT2D eigenvalue weighted by Crippen LogP contribution is -2.35. The second-order valence-electron chi connectivity index (χ2n) is 7.42. The van der Waals surface area contributed by atoms with Gasteiger partial charge in [0.2, 0.25) is 0 Å². The normalized spacial score (nSPS) is 23.4. The van der Waals surface area contributed by atoms with Crippen LogP contribution in [-0.4, -0.2) is 34.7 Å². The van der Waals surface area contributed by atoms with Gasteiger partial charge in [-0.25, -0.2) is 4.79 Å². The molecule has 1 aliphatic carbocycles. The number of rotatable bonds is 2. The maximum Gasteiger partial charge on any atom is 0.410 e. The molecule has 0 N–H and O–H groups in total. The van der Waals surface area contributed by atoms with Gasteiger partial charge in [-0.2, -0.15) is 0 Å². The van der Waals surface area contributed by atoms with E-state index in [1.807, 2.05) is 44.1 Å². The Balaban J connectivity index is 1.68. The number of carbonyl (C=O) groups excluding carboxylic acids is 1. The molecule has 0 radical (unpaired) electrons. The Bertz CT molecular complexity index is 658. The average molecular weight is 312 g/mol. The van der Waals surface area contributed by atoms with Crippen LogP contribution in [0.3, 0.4) is 0 Å². The Morgan fingerprint density at radius 3 is 2.83 bits per heavy atom. The summed E-state index contributed by atoms with van der Waals surface area (Å²) in [7, 11) is 0. The maximum absolute atomic E-state index is 12.2. The molecule has 2 aliphatic rings. The van der Waals surface area contributed by atoms with E-state index in [1.165, 1.54) is 11.1 Å². The van der Waals surface area contributed by atoms with Crippen molar-refractivity contribution in [2.24, 2.45) is 11.8 Å². The van der Waals surface area contributed by atoms with Gasteiger partial charge in [0.05, 0.1) is 0 Å². The predicted octanol–water partition coefficient (Wildman–Crippen LogP) is 3.99. The van der Waals surface area contributed by atoms with Crippen LogP contribution in [0.15, 0.2) is 31.1 Å². The molecular weight excluding hydrogens is 288 g/mol. The number of ether oxygens (including phenoxy) is 1. The second-order valence-corrected chi connectivity index (χ2v) is 7.42. The number of amides is 1. The minimum atomic E-state index is -0.438. The molecule has 2 heterocycles. The Hall–Kier alpha value is -2.10. The fourth-order valence-electron chi connectivity index (χ4n) is 3.34. The number of carbonyl (C=O) groups is 1. The fourth-order valence-corrected chi connectivity index (χ4v) is 3.34. The molecule has 0 spiro atoms. The summed E-state index contributed by atoms with van der Waals surface area (Å²) < 4.78 is 5.47. The van der Waals surface area contributed by atoms with Crippen LogP contribution < -0.4 is 0 Å².